The molecule has 0 aliphatic carbocycles. The lowest BCUT2D eigenvalue weighted by Gasteiger charge is -2.05. The number of ether oxygens (including phenoxy) is 1. The Bertz CT molecular complexity index is 1020. The zero-order chi connectivity index (χ0) is 19.9. The lowest BCUT2D eigenvalue weighted by Crippen LogP contribution is -2.17. The summed E-state index contributed by atoms with van der Waals surface area (Å²) in [4.78, 5) is 24.1. The minimum atomic E-state index is -0.444. The Hall–Kier alpha value is -2.96. The molecule has 0 atom stereocenters. The quantitative estimate of drug-likeness (QED) is 0.251. The van der Waals surface area contributed by atoms with Gasteiger partial charge in [0.15, 0.2) is 0 Å². The van der Waals surface area contributed by atoms with Crippen LogP contribution in [-0.4, -0.2) is 18.1 Å². The van der Waals surface area contributed by atoms with Gasteiger partial charge in [-0.2, -0.15) is 5.10 Å². The number of esters is 1. The average Bonchev–Trinajstić information content (AvgIpc) is 2.70. The number of carbonyl (C=O) groups excluding carboxylic acids is 2. The first-order valence-electron chi connectivity index (χ1n) is 8.19. The van der Waals surface area contributed by atoms with Crippen molar-refractivity contribution in [3.63, 3.8) is 0 Å². The highest BCUT2D eigenvalue weighted by molar-refractivity contribution is 9.10. The second kappa shape index (κ2) is 9.30. The van der Waals surface area contributed by atoms with E-state index in [1.165, 1.54) is 6.21 Å². The fraction of sp³-hybridized carbons (Fsp3) is 0. The summed E-state index contributed by atoms with van der Waals surface area (Å²) in [6.45, 7) is 0. The SMILES string of the molecule is O=C(Oc1ccc(/C=N/NC(=O)c2ccccc2Cl)cc1)c1ccc(Br)cc1. The van der Waals surface area contributed by atoms with Crippen molar-refractivity contribution in [2.45, 2.75) is 0 Å². The fourth-order valence-corrected chi connectivity index (χ4v) is 2.73. The Labute approximate surface area is 175 Å². The smallest absolute Gasteiger partial charge is 0.343 e. The average molecular weight is 458 g/mol. The van der Waals surface area contributed by atoms with E-state index in [4.69, 9.17) is 16.3 Å². The number of rotatable bonds is 5. The van der Waals surface area contributed by atoms with Gasteiger partial charge in [-0.3, -0.25) is 4.79 Å². The zero-order valence-electron chi connectivity index (χ0n) is 14.4. The molecule has 3 rings (SSSR count). The van der Waals surface area contributed by atoms with Crippen molar-refractivity contribution < 1.29 is 14.3 Å². The van der Waals surface area contributed by atoms with Gasteiger partial charge >= 0.3 is 5.97 Å². The number of halogens is 2. The summed E-state index contributed by atoms with van der Waals surface area (Å²) in [5.41, 5.74) is 3.94. The van der Waals surface area contributed by atoms with Gasteiger partial charge in [0.2, 0.25) is 0 Å². The molecule has 0 heterocycles. The molecule has 0 spiro atoms. The van der Waals surface area contributed by atoms with Gasteiger partial charge < -0.3 is 4.74 Å². The van der Waals surface area contributed by atoms with Gasteiger partial charge in [0.05, 0.1) is 22.4 Å². The number of hydrogen-bond donors (Lipinski definition) is 1. The van der Waals surface area contributed by atoms with Crippen LogP contribution in [0.15, 0.2) is 82.4 Å². The number of amides is 1. The van der Waals surface area contributed by atoms with E-state index in [2.05, 4.69) is 26.5 Å². The summed E-state index contributed by atoms with van der Waals surface area (Å²) >= 11 is 9.29. The maximum atomic E-state index is 12.1. The molecule has 28 heavy (non-hydrogen) atoms. The third-order valence-corrected chi connectivity index (χ3v) is 4.53. The second-order valence-corrected chi connectivity index (χ2v) is 6.97. The first kappa shape index (κ1) is 19.8. The third-order valence-electron chi connectivity index (χ3n) is 3.67. The van der Waals surface area contributed by atoms with Crippen LogP contribution in [0.3, 0.4) is 0 Å². The van der Waals surface area contributed by atoms with E-state index in [9.17, 15) is 9.59 Å². The van der Waals surface area contributed by atoms with E-state index >= 15 is 0 Å². The summed E-state index contributed by atoms with van der Waals surface area (Å²) in [5, 5.41) is 4.26. The van der Waals surface area contributed by atoms with E-state index < -0.39 is 11.9 Å². The van der Waals surface area contributed by atoms with Crippen molar-refractivity contribution in [1.82, 2.24) is 5.43 Å². The molecule has 3 aromatic carbocycles. The van der Waals surface area contributed by atoms with Gasteiger partial charge in [-0.1, -0.05) is 39.7 Å². The summed E-state index contributed by atoms with van der Waals surface area (Å²) in [6.07, 6.45) is 1.48. The molecule has 7 heteroatoms. The lowest BCUT2D eigenvalue weighted by atomic mass is 10.2. The van der Waals surface area contributed by atoms with Crippen molar-refractivity contribution in [2.75, 3.05) is 0 Å². The van der Waals surface area contributed by atoms with Crippen molar-refractivity contribution >= 4 is 45.6 Å². The van der Waals surface area contributed by atoms with Crippen molar-refractivity contribution in [1.29, 1.82) is 0 Å². The molecule has 0 aliphatic heterocycles. The number of carbonyl (C=O) groups is 2. The van der Waals surface area contributed by atoms with Crippen LogP contribution in [0, 0.1) is 0 Å². The number of nitrogens with one attached hydrogen (secondary N) is 1. The topological polar surface area (TPSA) is 67.8 Å². The van der Waals surface area contributed by atoms with E-state index in [1.54, 1.807) is 72.8 Å². The normalized spacial score (nSPS) is 10.6. The van der Waals surface area contributed by atoms with Crippen molar-refractivity contribution in [3.05, 3.63) is 99.0 Å². The highest BCUT2D eigenvalue weighted by Gasteiger charge is 2.09. The van der Waals surface area contributed by atoms with Gasteiger partial charge in [-0.15, -0.1) is 0 Å². The Balaban J connectivity index is 1.57. The van der Waals surface area contributed by atoms with Crippen molar-refractivity contribution in [2.24, 2.45) is 5.10 Å². The molecule has 0 aliphatic rings. The maximum absolute atomic E-state index is 12.1. The molecule has 1 amide bonds. The predicted molar refractivity (Wildman–Crippen MR) is 112 cm³/mol. The summed E-state index contributed by atoms with van der Waals surface area (Å²) in [6, 6.07) is 20.3. The third kappa shape index (κ3) is 5.28. The highest BCUT2D eigenvalue weighted by atomic mass is 79.9. The van der Waals surface area contributed by atoms with Crippen LogP contribution in [0.4, 0.5) is 0 Å². The van der Waals surface area contributed by atoms with E-state index in [0.717, 1.165) is 10.0 Å². The van der Waals surface area contributed by atoms with Gasteiger partial charge in [0.1, 0.15) is 5.75 Å². The van der Waals surface area contributed by atoms with Crippen LogP contribution >= 0.6 is 27.5 Å². The Kier molecular flexibility index (Phi) is 6.57. The molecule has 0 saturated carbocycles. The molecule has 5 nitrogen and oxygen atoms in total. The Morgan fingerprint density at radius 2 is 1.64 bits per heavy atom. The first-order valence-corrected chi connectivity index (χ1v) is 9.36. The van der Waals surface area contributed by atoms with Crippen LogP contribution < -0.4 is 10.2 Å². The number of hydrogen-bond acceptors (Lipinski definition) is 4. The molecular formula is C21H14BrClN2O3. The predicted octanol–water partition coefficient (Wildman–Crippen LogP) is 5.09. The lowest BCUT2D eigenvalue weighted by molar-refractivity contribution is 0.0734. The van der Waals surface area contributed by atoms with E-state index in [1.807, 2.05) is 0 Å². The highest BCUT2D eigenvalue weighted by Crippen LogP contribution is 2.16. The van der Waals surface area contributed by atoms with Crippen LogP contribution in [0.2, 0.25) is 5.02 Å². The Morgan fingerprint density at radius 3 is 2.32 bits per heavy atom. The molecule has 0 fully saturated rings. The van der Waals surface area contributed by atoms with Crippen LogP contribution in [0.1, 0.15) is 26.3 Å². The summed E-state index contributed by atoms with van der Waals surface area (Å²) in [5.74, 6) is -0.437. The minimum absolute atomic E-state index is 0.344. The van der Waals surface area contributed by atoms with Gasteiger partial charge in [-0.25, -0.2) is 10.2 Å². The van der Waals surface area contributed by atoms with Crippen LogP contribution in [0.5, 0.6) is 5.75 Å². The van der Waals surface area contributed by atoms with Crippen molar-refractivity contribution in [3.8, 4) is 5.75 Å². The van der Waals surface area contributed by atoms with E-state index in [0.29, 0.717) is 21.9 Å². The Morgan fingerprint density at radius 1 is 0.964 bits per heavy atom. The molecule has 0 radical (unpaired) electrons. The number of hydrazone groups is 1. The molecule has 0 aromatic heterocycles. The second-order valence-electron chi connectivity index (χ2n) is 5.64. The van der Waals surface area contributed by atoms with Gasteiger partial charge in [0.25, 0.3) is 5.91 Å². The van der Waals surface area contributed by atoms with Crippen LogP contribution in [-0.2, 0) is 0 Å². The zero-order valence-corrected chi connectivity index (χ0v) is 16.8. The largest absolute Gasteiger partial charge is 0.423 e. The molecule has 3 aromatic rings. The summed E-state index contributed by atoms with van der Waals surface area (Å²) in [7, 11) is 0. The number of nitrogens with zero attached hydrogens (tertiary/aromatic N) is 1. The first-order chi connectivity index (χ1) is 13.5. The monoisotopic (exact) mass is 456 g/mol. The molecule has 0 bridgehead atoms. The molecule has 0 saturated heterocycles. The molecule has 0 unspecified atom stereocenters. The van der Waals surface area contributed by atoms with Gasteiger partial charge in [-0.05, 0) is 66.2 Å². The minimum Gasteiger partial charge on any atom is -0.423 e. The van der Waals surface area contributed by atoms with Gasteiger partial charge in [0, 0.05) is 4.47 Å². The van der Waals surface area contributed by atoms with E-state index in [-0.39, 0.29) is 0 Å². The summed E-state index contributed by atoms with van der Waals surface area (Å²) < 4.78 is 6.21. The maximum Gasteiger partial charge on any atom is 0.343 e. The molecule has 140 valence electrons. The number of benzene rings is 3. The fourth-order valence-electron chi connectivity index (χ4n) is 2.24. The molecular weight excluding hydrogens is 444 g/mol. The standard InChI is InChI=1S/C21H14BrClN2O3/c22-16-9-7-15(8-10-16)21(27)28-17-11-5-14(6-12-17)13-24-25-20(26)18-3-1-2-4-19(18)23/h1-13H,(H,25,26)/b24-13+. The molecule has 1 N–H and O–H groups in total. The van der Waals surface area contributed by atoms with Crippen LogP contribution in [0.25, 0.3) is 0 Å².